The van der Waals surface area contributed by atoms with Gasteiger partial charge in [0.15, 0.2) is 11.9 Å². The van der Waals surface area contributed by atoms with Crippen molar-refractivity contribution in [2.24, 2.45) is 0 Å². The number of carbonyl (C=O) groups is 1. The lowest BCUT2D eigenvalue weighted by molar-refractivity contribution is -0.122. The molecule has 3 N–H and O–H groups in total. The van der Waals surface area contributed by atoms with Crippen molar-refractivity contribution < 1.29 is 9.53 Å². The summed E-state index contributed by atoms with van der Waals surface area (Å²) >= 11 is 0. The van der Waals surface area contributed by atoms with E-state index in [9.17, 15) is 4.79 Å². The fourth-order valence-electron chi connectivity index (χ4n) is 1.25. The molecule has 0 unspecified atom stereocenters. The first-order valence-electron chi connectivity index (χ1n) is 4.04. The Labute approximate surface area is 75.7 Å². The Bertz CT molecular complexity index is 363. The predicted octanol–water partition coefficient (Wildman–Crippen LogP) is 0.988. The normalized spacial score (nSPS) is 20.1. The predicted molar refractivity (Wildman–Crippen MR) is 49.6 cm³/mol. The first kappa shape index (κ1) is 7.91. The molecule has 0 bridgehead atoms. The molecule has 13 heavy (non-hydrogen) atoms. The summed E-state index contributed by atoms with van der Waals surface area (Å²) in [6.45, 7) is 1.69. The Morgan fingerprint density at radius 3 is 3.08 bits per heavy atom. The molecule has 0 aromatic heterocycles. The molecule has 0 fully saturated rings. The van der Waals surface area contributed by atoms with Crippen LogP contribution in [0.5, 0.6) is 5.75 Å². The molecule has 1 aliphatic rings. The van der Waals surface area contributed by atoms with E-state index in [0.717, 1.165) is 0 Å². The highest BCUT2D eigenvalue weighted by molar-refractivity contribution is 5.98. The van der Waals surface area contributed by atoms with E-state index in [1.807, 2.05) is 0 Å². The fraction of sp³-hybridized carbons (Fsp3) is 0.222. The smallest absolute Gasteiger partial charge is 0.265 e. The number of rotatable bonds is 0. The summed E-state index contributed by atoms with van der Waals surface area (Å²) < 4.78 is 5.34. The number of hydrogen-bond acceptors (Lipinski definition) is 3. The number of nitrogens with two attached hydrogens (primary N) is 1. The van der Waals surface area contributed by atoms with Crippen LogP contribution in [-0.2, 0) is 4.79 Å². The molecule has 1 heterocycles. The Kier molecular flexibility index (Phi) is 1.62. The number of anilines is 2. The highest BCUT2D eigenvalue weighted by Crippen LogP contribution is 2.34. The fourth-order valence-corrected chi connectivity index (χ4v) is 1.25. The molecule has 1 atom stereocenters. The minimum absolute atomic E-state index is 0.141. The van der Waals surface area contributed by atoms with Gasteiger partial charge in [0.2, 0.25) is 0 Å². The van der Waals surface area contributed by atoms with Crippen molar-refractivity contribution in [1.29, 1.82) is 0 Å². The van der Waals surface area contributed by atoms with Crippen molar-refractivity contribution in [2.45, 2.75) is 13.0 Å². The first-order chi connectivity index (χ1) is 6.18. The molecule has 2 rings (SSSR count). The highest BCUT2D eigenvalue weighted by Gasteiger charge is 2.24. The van der Waals surface area contributed by atoms with Crippen LogP contribution in [0.25, 0.3) is 0 Å². The maximum atomic E-state index is 11.2. The third-order valence-corrected chi connectivity index (χ3v) is 1.97. The zero-order valence-electron chi connectivity index (χ0n) is 7.20. The lowest BCUT2D eigenvalue weighted by Crippen LogP contribution is -2.34. The van der Waals surface area contributed by atoms with Crippen molar-refractivity contribution >= 4 is 17.3 Å². The average Bonchev–Trinajstić information content (AvgIpc) is 2.09. The number of carbonyl (C=O) groups excluding carboxylic acids is 1. The standard InChI is InChI=1S/C9H10N2O2/c1-5-9(12)11-7-4-2-3-6(10)8(7)13-5/h2-5H,10H2,1H3,(H,11,12)/t5-/m0/s1. The second kappa shape index (κ2) is 2.65. The molecule has 1 amide bonds. The Balaban J connectivity index is 2.48. The summed E-state index contributed by atoms with van der Waals surface area (Å²) in [7, 11) is 0. The van der Waals surface area contributed by atoms with Crippen LogP contribution in [0.4, 0.5) is 11.4 Å². The van der Waals surface area contributed by atoms with E-state index in [4.69, 9.17) is 10.5 Å². The van der Waals surface area contributed by atoms with Gasteiger partial charge in [0.1, 0.15) is 0 Å². The molecule has 1 aromatic rings. The van der Waals surface area contributed by atoms with Crippen molar-refractivity contribution in [3.8, 4) is 5.75 Å². The quantitative estimate of drug-likeness (QED) is 0.582. The number of nitrogen functional groups attached to an aromatic ring is 1. The summed E-state index contributed by atoms with van der Waals surface area (Å²) in [5, 5.41) is 2.71. The third kappa shape index (κ3) is 1.20. The van der Waals surface area contributed by atoms with Gasteiger partial charge in [0.25, 0.3) is 5.91 Å². The summed E-state index contributed by atoms with van der Waals surface area (Å²) in [4.78, 5) is 11.2. The molecular weight excluding hydrogens is 168 g/mol. The molecule has 0 saturated heterocycles. The zero-order chi connectivity index (χ0) is 9.42. The SMILES string of the molecule is C[C@@H]1Oc2c(N)cccc2NC1=O. The number of nitrogens with one attached hydrogen (secondary N) is 1. The van der Waals surface area contributed by atoms with Crippen LogP contribution in [0.15, 0.2) is 18.2 Å². The van der Waals surface area contributed by atoms with Gasteiger partial charge in [-0.05, 0) is 19.1 Å². The van der Waals surface area contributed by atoms with Crippen molar-refractivity contribution in [3.63, 3.8) is 0 Å². The van der Waals surface area contributed by atoms with E-state index < -0.39 is 6.10 Å². The van der Waals surface area contributed by atoms with Crippen LogP contribution in [0.2, 0.25) is 0 Å². The largest absolute Gasteiger partial charge is 0.477 e. The van der Waals surface area contributed by atoms with E-state index in [1.165, 1.54) is 0 Å². The monoisotopic (exact) mass is 178 g/mol. The van der Waals surface area contributed by atoms with Gasteiger partial charge in [-0.3, -0.25) is 4.79 Å². The van der Waals surface area contributed by atoms with Gasteiger partial charge in [-0.25, -0.2) is 0 Å². The van der Waals surface area contributed by atoms with Gasteiger partial charge in [-0.1, -0.05) is 6.07 Å². The topological polar surface area (TPSA) is 64.3 Å². The van der Waals surface area contributed by atoms with Crippen LogP contribution >= 0.6 is 0 Å². The lowest BCUT2D eigenvalue weighted by atomic mass is 10.2. The number of benzene rings is 1. The van der Waals surface area contributed by atoms with Crippen LogP contribution in [0.1, 0.15) is 6.92 Å². The van der Waals surface area contributed by atoms with Crippen LogP contribution in [-0.4, -0.2) is 12.0 Å². The molecule has 0 radical (unpaired) electrons. The Morgan fingerprint density at radius 1 is 1.54 bits per heavy atom. The molecule has 0 saturated carbocycles. The minimum atomic E-state index is -0.475. The molecule has 68 valence electrons. The molecular formula is C9H10N2O2. The van der Waals surface area contributed by atoms with Crippen molar-refractivity contribution in [1.82, 2.24) is 0 Å². The van der Waals surface area contributed by atoms with Gasteiger partial charge < -0.3 is 15.8 Å². The van der Waals surface area contributed by atoms with Gasteiger partial charge in [-0.15, -0.1) is 0 Å². The summed E-state index contributed by atoms with van der Waals surface area (Å²) in [5.74, 6) is 0.424. The molecule has 1 aliphatic heterocycles. The molecule has 0 spiro atoms. The van der Waals surface area contributed by atoms with Crippen molar-refractivity contribution in [2.75, 3.05) is 11.1 Å². The molecule has 4 nitrogen and oxygen atoms in total. The second-order valence-electron chi connectivity index (χ2n) is 2.97. The van der Waals surface area contributed by atoms with E-state index in [0.29, 0.717) is 17.1 Å². The van der Waals surface area contributed by atoms with Gasteiger partial charge in [0.05, 0.1) is 11.4 Å². The van der Waals surface area contributed by atoms with Crippen LogP contribution in [0.3, 0.4) is 0 Å². The van der Waals surface area contributed by atoms with E-state index in [-0.39, 0.29) is 5.91 Å². The summed E-state index contributed by atoms with van der Waals surface area (Å²) in [5.41, 5.74) is 6.86. The number of amides is 1. The molecule has 0 aliphatic carbocycles. The summed E-state index contributed by atoms with van der Waals surface area (Å²) in [6.07, 6.45) is -0.475. The summed E-state index contributed by atoms with van der Waals surface area (Å²) in [6, 6.07) is 5.27. The second-order valence-corrected chi connectivity index (χ2v) is 2.97. The number of hydrogen-bond donors (Lipinski definition) is 2. The Hall–Kier alpha value is -1.71. The zero-order valence-corrected chi connectivity index (χ0v) is 7.20. The van der Waals surface area contributed by atoms with Crippen LogP contribution < -0.4 is 15.8 Å². The van der Waals surface area contributed by atoms with Crippen LogP contribution in [0, 0.1) is 0 Å². The van der Waals surface area contributed by atoms with Gasteiger partial charge in [0, 0.05) is 0 Å². The van der Waals surface area contributed by atoms with Gasteiger partial charge in [-0.2, -0.15) is 0 Å². The lowest BCUT2D eigenvalue weighted by Gasteiger charge is -2.24. The number of ether oxygens (including phenoxy) is 1. The van der Waals surface area contributed by atoms with E-state index >= 15 is 0 Å². The maximum Gasteiger partial charge on any atom is 0.265 e. The van der Waals surface area contributed by atoms with E-state index in [2.05, 4.69) is 5.32 Å². The first-order valence-corrected chi connectivity index (χ1v) is 4.04. The van der Waals surface area contributed by atoms with Gasteiger partial charge >= 0.3 is 0 Å². The highest BCUT2D eigenvalue weighted by atomic mass is 16.5. The Morgan fingerprint density at radius 2 is 2.31 bits per heavy atom. The minimum Gasteiger partial charge on any atom is -0.477 e. The van der Waals surface area contributed by atoms with E-state index in [1.54, 1.807) is 25.1 Å². The number of fused-ring (bicyclic) bond motifs is 1. The average molecular weight is 178 g/mol. The third-order valence-electron chi connectivity index (χ3n) is 1.97. The maximum absolute atomic E-state index is 11.2. The van der Waals surface area contributed by atoms with Crippen molar-refractivity contribution in [3.05, 3.63) is 18.2 Å². The number of para-hydroxylation sites is 1. The molecule has 1 aromatic carbocycles. The molecule has 4 heteroatoms.